The van der Waals surface area contributed by atoms with Crippen LogP contribution in [0.25, 0.3) is 0 Å². The van der Waals surface area contributed by atoms with Gasteiger partial charge in [0.05, 0.1) is 0 Å². The van der Waals surface area contributed by atoms with Gasteiger partial charge in [-0.2, -0.15) is 0 Å². The summed E-state index contributed by atoms with van der Waals surface area (Å²) in [4.78, 5) is 11.4. The maximum Gasteiger partial charge on any atom is 0.135 e. The number of ketones is 1. The topological polar surface area (TPSA) is 17.1 Å². The number of carbonyl (C=O) groups excluding carboxylic acids is 1. The molecule has 1 heteroatoms. The summed E-state index contributed by atoms with van der Waals surface area (Å²) >= 11 is 0. The van der Waals surface area contributed by atoms with Crippen molar-refractivity contribution in [3.63, 3.8) is 0 Å². The molecular formula is C10H20O. The first-order chi connectivity index (χ1) is 5.26. The van der Waals surface area contributed by atoms with Gasteiger partial charge in [0.1, 0.15) is 5.78 Å². The summed E-state index contributed by atoms with van der Waals surface area (Å²) in [6.07, 6.45) is 5.01. The number of rotatable bonds is 6. The molecule has 0 unspecified atom stereocenters. The smallest absolute Gasteiger partial charge is 0.135 e. The zero-order chi connectivity index (χ0) is 8.69. The van der Waals surface area contributed by atoms with E-state index in [9.17, 15) is 4.79 Å². The number of carbonyl (C=O) groups is 1. The van der Waals surface area contributed by atoms with E-state index < -0.39 is 0 Å². The SMILES string of the molecule is CCCC(=O)[C@H](CC)CCC. The maximum atomic E-state index is 11.4. The fourth-order valence-corrected chi connectivity index (χ4v) is 1.39. The Kier molecular flexibility index (Phi) is 6.19. The van der Waals surface area contributed by atoms with Crippen molar-refractivity contribution in [2.75, 3.05) is 0 Å². The Morgan fingerprint density at radius 1 is 1.18 bits per heavy atom. The van der Waals surface area contributed by atoms with Gasteiger partial charge >= 0.3 is 0 Å². The van der Waals surface area contributed by atoms with E-state index in [4.69, 9.17) is 0 Å². The lowest BCUT2D eigenvalue weighted by molar-refractivity contribution is -0.123. The van der Waals surface area contributed by atoms with Crippen molar-refractivity contribution in [3.05, 3.63) is 0 Å². The average molecular weight is 156 g/mol. The molecule has 0 aliphatic rings. The molecule has 0 aliphatic heterocycles. The fourth-order valence-electron chi connectivity index (χ4n) is 1.39. The average Bonchev–Trinajstić information content (AvgIpc) is 2.00. The van der Waals surface area contributed by atoms with E-state index >= 15 is 0 Å². The lowest BCUT2D eigenvalue weighted by atomic mass is 9.93. The van der Waals surface area contributed by atoms with Gasteiger partial charge in [0.2, 0.25) is 0 Å². The minimum absolute atomic E-state index is 0.347. The molecule has 0 aromatic heterocycles. The number of hydrogen-bond acceptors (Lipinski definition) is 1. The van der Waals surface area contributed by atoms with Crippen molar-refractivity contribution >= 4 is 5.78 Å². The van der Waals surface area contributed by atoms with Crippen molar-refractivity contribution in [3.8, 4) is 0 Å². The molecule has 0 amide bonds. The van der Waals surface area contributed by atoms with E-state index in [2.05, 4.69) is 20.8 Å². The molecule has 0 fully saturated rings. The zero-order valence-corrected chi connectivity index (χ0v) is 8.02. The Labute approximate surface area is 70.2 Å². The third-order valence-corrected chi connectivity index (χ3v) is 2.08. The van der Waals surface area contributed by atoms with Gasteiger partial charge < -0.3 is 0 Å². The summed E-state index contributed by atoms with van der Waals surface area (Å²) in [6.45, 7) is 6.31. The van der Waals surface area contributed by atoms with Gasteiger partial charge in [0, 0.05) is 12.3 Å². The molecule has 0 saturated carbocycles. The van der Waals surface area contributed by atoms with Crippen LogP contribution in [-0.4, -0.2) is 5.78 Å². The summed E-state index contributed by atoms with van der Waals surface area (Å²) in [6, 6.07) is 0. The molecule has 0 aromatic carbocycles. The van der Waals surface area contributed by atoms with E-state index in [0.29, 0.717) is 11.7 Å². The van der Waals surface area contributed by atoms with Crippen LogP contribution in [0.4, 0.5) is 0 Å². The van der Waals surface area contributed by atoms with E-state index in [1.807, 2.05) is 0 Å². The molecular weight excluding hydrogens is 136 g/mol. The summed E-state index contributed by atoms with van der Waals surface area (Å²) in [5.41, 5.74) is 0. The zero-order valence-electron chi connectivity index (χ0n) is 8.02. The van der Waals surface area contributed by atoms with E-state index in [0.717, 1.165) is 32.1 Å². The van der Waals surface area contributed by atoms with Crippen molar-refractivity contribution in [1.29, 1.82) is 0 Å². The monoisotopic (exact) mass is 156 g/mol. The molecule has 0 radical (unpaired) electrons. The largest absolute Gasteiger partial charge is 0.299 e. The second kappa shape index (κ2) is 6.38. The third-order valence-electron chi connectivity index (χ3n) is 2.08. The van der Waals surface area contributed by atoms with Crippen molar-refractivity contribution < 1.29 is 4.79 Å². The molecule has 0 saturated heterocycles. The predicted molar refractivity (Wildman–Crippen MR) is 48.6 cm³/mol. The van der Waals surface area contributed by atoms with Crippen molar-refractivity contribution in [1.82, 2.24) is 0 Å². The van der Waals surface area contributed by atoms with Crippen LogP contribution < -0.4 is 0 Å². The van der Waals surface area contributed by atoms with Crippen LogP contribution >= 0.6 is 0 Å². The molecule has 0 rings (SSSR count). The van der Waals surface area contributed by atoms with Gasteiger partial charge in [0.25, 0.3) is 0 Å². The standard InChI is InChI=1S/C10H20O/c1-4-7-9(6-3)10(11)8-5-2/h9H,4-8H2,1-3H3/t9-/m1/s1. The minimum Gasteiger partial charge on any atom is -0.299 e. The van der Waals surface area contributed by atoms with Crippen LogP contribution in [0.5, 0.6) is 0 Å². The first kappa shape index (κ1) is 10.7. The Balaban J connectivity index is 3.71. The maximum absolute atomic E-state index is 11.4. The van der Waals surface area contributed by atoms with Gasteiger partial charge in [0.15, 0.2) is 0 Å². The molecule has 11 heavy (non-hydrogen) atoms. The lowest BCUT2D eigenvalue weighted by Gasteiger charge is -2.10. The summed E-state index contributed by atoms with van der Waals surface area (Å²) in [7, 11) is 0. The van der Waals surface area contributed by atoms with Gasteiger partial charge in [-0.25, -0.2) is 0 Å². The quantitative estimate of drug-likeness (QED) is 0.577. The molecule has 0 aliphatic carbocycles. The van der Waals surface area contributed by atoms with Crippen molar-refractivity contribution in [2.45, 2.75) is 52.9 Å². The Morgan fingerprint density at radius 2 is 1.82 bits per heavy atom. The van der Waals surface area contributed by atoms with Crippen LogP contribution in [-0.2, 0) is 4.79 Å². The van der Waals surface area contributed by atoms with Gasteiger partial charge in [-0.05, 0) is 19.3 Å². The Morgan fingerprint density at radius 3 is 2.18 bits per heavy atom. The first-order valence-corrected chi connectivity index (χ1v) is 4.78. The highest BCUT2D eigenvalue weighted by molar-refractivity contribution is 5.80. The highest BCUT2D eigenvalue weighted by atomic mass is 16.1. The second-order valence-corrected chi connectivity index (χ2v) is 3.11. The molecule has 1 nitrogen and oxygen atoms in total. The van der Waals surface area contributed by atoms with Crippen LogP contribution in [0.1, 0.15) is 52.9 Å². The first-order valence-electron chi connectivity index (χ1n) is 4.78. The summed E-state index contributed by atoms with van der Waals surface area (Å²) in [5.74, 6) is 0.816. The van der Waals surface area contributed by atoms with Gasteiger partial charge in [-0.1, -0.05) is 27.2 Å². The summed E-state index contributed by atoms with van der Waals surface area (Å²) < 4.78 is 0. The lowest BCUT2D eigenvalue weighted by Crippen LogP contribution is -2.12. The molecule has 0 N–H and O–H groups in total. The Bertz CT molecular complexity index is 107. The van der Waals surface area contributed by atoms with Gasteiger partial charge in [-0.15, -0.1) is 0 Å². The van der Waals surface area contributed by atoms with E-state index in [-0.39, 0.29) is 0 Å². The van der Waals surface area contributed by atoms with Crippen LogP contribution in [0.3, 0.4) is 0 Å². The summed E-state index contributed by atoms with van der Waals surface area (Å²) in [5, 5.41) is 0. The molecule has 0 heterocycles. The predicted octanol–water partition coefficient (Wildman–Crippen LogP) is 3.18. The molecule has 66 valence electrons. The second-order valence-electron chi connectivity index (χ2n) is 3.11. The molecule has 1 atom stereocenters. The molecule has 0 aromatic rings. The molecule has 0 bridgehead atoms. The fraction of sp³-hybridized carbons (Fsp3) is 0.900. The normalized spacial score (nSPS) is 13.0. The van der Waals surface area contributed by atoms with Crippen LogP contribution in [0, 0.1) is 5.92 Å². The third kappa shape index (κ3) is 4.18. The van der Waals surface area contributed by atoms with Crippen LogP contribution in [0.15, 0.2) is 0 Å². The number of Topliss-reactive ketones (excluding diaryl/α,β-unsaturated/α-hetero) is 1. The van der Waals surface area contributed by atoms with Crippen LogP contribution in [0.2, 0.25) is 0 Å². The highest BCUT2D eigenvalue weighted by Crippen LogP contribution is 2.14. The molecule has 0 spiro atoms. The Hall–Kier alpha value is -0.330. The van der Waals surface area contributed by atoms with Crippen molar-refractivity contribution in [2.24, 2.45) is 5.92 Å². The number of hydrogen-bond donors (Lipinski definition) is 0. The van der Waals surface area contributed by atoms with E-state index in [1.54, 1.807) is 0 Å². The van der Waals surface area contributed by atoms with Gasteiger partial charge in [-0.3, -0.25) is 4.79 Å². The van der Waals surface area contributed by atoms with E-state index in [1.165, 1.54) is 0 Å². The minimum atomic E-state index is 0.347. The highest BCUT2D eigenvalue weighted by Gasteiger charge is 2.13.